The average molecular weight is 367 g/mol. The first-order valence-electron chi connectivity index (χ1n) is 11.3. The van der Waals surface area contributed by atoms with Gasteiger partial charge in [-0.05, 0) is 87.8 Å². The zero-order valence-electron chi connectivity index (χ0n) is 16.5. The van der Waals surface area contributed by atoms with Crippen molar-refractivity contribution in [2.24, 2.45) is 23.2 Å². The molecule has 3 nitrogen and oxygen atoms in total. The number of nitrogens with one attached hydrogen (secondary N) is 1. The van der Waals surface area contributed by atoms with E-state index in [0.717, 1.165) is 56.7 Å². The summed E-state index contributed by atoms with van der Waals surface area (Å²) in [6, 6.07) is 11.1. The fraction of sp³-hybridized carbons (Fsp3) is 0.708. The predicted octanol–water partition coefficient (Wildman–Crippen LogP) is 4.55. The van der Waals surface area contributed by atoms with Crippen LogP contribution in [0.1, 0.15) is 69.4 Å². The van der Waals surface area contributed by atoms with Gasteiger partial charge in [-0.1, -0.05) is 36.8 Å². The summed E-state index contributed by atoms with van der Waals surface area (Å²) in [5.41, 5.74) is 1.32. The van der Waals surface area contributed by atoms with Crippen LogP contribution in [0, 0.1) is 23.2 Å². The van der Waals surface area contributed by atoms with Gasteiger partial charge < -0.3 is 5.32 Å². The van der Waals surface area contributed by atoms with E-state index in [-0.39, 0.29) is 5.41 Å². The molecule has 6 rings (SSSR count). The maximum Gasteiger partial charge on any atom is 0.226 e. The maximum absolute atomic E-state index is 13.4. The molecule has 1 aromatic rings. The minimum atomic E-state index is -0.0299. The number of nitrogens with zero attached hydrogens (tertiary/aromatic N) is 1. The van der Waals surface area contributed by atoms with E-state index >= 15 is 0 Å². The molecular weight excluding hydrogens is 332 g/mol. The fourth-order valence-corrected chi connectivity index (χ4v) is 7.13. The van der Waals surface area contributed by atoms with E-state index in [0.29, 0.717) is 11.9 Å². The highest BCUT2D eigenvalue weighted by Gasteiger charge is 2.54. The van der Waals surface area contributed by atoms with Crippen LogP contribution in [0.3, 0.4) is 0 Å². The summed E-state index contributed by atoms with van der Waals surface area (Å²) in [4.78, 5) is 16.0. The summed E-state index contributed by atoms with van der Waals surface area (Å²) in [7, 11) is 0. The number of amides is 1. The van der Waals surface area contributed by atoms with Crippen LogP contribution in [0.4, 0.5) is 0 Å². The number of piperidine rings is 1. The summed E-state index contributed by atoms with van der Waals surface area (Å²) in [5, 5.41) is 3.45. The van der Waals surface area contributed by atoms with Crippen molar-refractivity contribution in [2.45, 2.75) is 63.8 Å². The third-order valence-electron chi connectivity index (χ3n) is 7.99. The third-order valence-corrected chi connectivity index (χ3v) is 7.99. The highest BCUT2D eigenvalue weighted by molar-refractivity contribution is 5.83. The number of benzene rings is 1. The van der Waals surface area contributed by atoms with Crippen molar-refractivity contribution in [3.05, 3.63) is 35.9 Å². The quantitative estimate of drug-likeness (QED) is 0.829. The molecule has 0 radical (unpaired) electrons. The standard InChI is InChI=1S/C24H34N2O/c27-23(24-14-18-11-19(15-24)13-20(12-18)16-24)25-17-22(21-7-3-1-4-8-21)26-9-5-2-6-10-26/h1,3-4,7-8,18-20,22H,2,5-6,9-17H2,(H,25,27)/t18?,19?,20?,22-,24?/m0/s1. The van der Waals surface area contributed by atoms with Crippen LogP contribution in [0.5, 0.6) is 0 Å². The number of hydrogen-bond acceptors (Lipinski definition) is 2. The highest BCUT2D eigenvalue weighted by atomic mass is 16.2. The van der Waals surface area contributed by atoms with Crippen LogP contribution in [0.2, 0.25) is 0 Å². The first-order valence-corrected chi connectivity index (χ1v) is 11.3. The Balaban J connectivity index is 1.29. The van der Waals surface area contributed by atoms with Crippen molar-refractivity contribution >= 4 is 5.91 Å². The molecular formula is C24H34N2O. The Morgan fingerprint density at radius 3 is 2.15 bits per heavy atom. The molecule has 1 aliphatic heterocycles. The molecule has 146 valence electrons. The van der Waals surface area contributed by atoms with E-state index in [4.69, 9.17) is 0 Å². The van der Waals surface area contributed by atoms with Crippen molar-refractivity contribution in [1.82, 2.24) is 10.2 Å². The molecule has 1 aromatic carbocycles. The molecule has 5 aliphatic rings. The van der Waals surface area contributed by atoms with Crippen LogP contribution in [-0.2, 0) is 4.79 Å². The summed E-state index contributed by atoms with van der Waals surface area (Å²) >= 11 is 0. The molecule has 1 heterocycles. The molecule has 4 bridgehead atoms. The van der Waals surface area contributed by atoms with E-state index < -0.39 is 0 Å². The summed E-state index contributed by atoms with van der Waals surface area (Å²) in [5.74, 6) is 2.86. The van der Waals surface area contributed by atoms with Crippen molar-refractivity contribution in [3.8, 4) is 0 Å². The summed E-state index contributed by atoms with van der Waals surface area (Å²) < 4.78 is 0. The second-order valence-corrected chi connectivity index (χ2v) is 9.93. The average Bonchev–Trinajstić information content (AvgIpc) is 2.69. The van der Waals surface area contributed by atoms with Crippen molar-refractivity contribution < 1.29 is 4.79 Å². The molecule has 5 fully saturated rings. The molecule has 4 saturated carbocycles. The smallest absolute Gasteiger partial charge is 0.226 e. The molecule has 0 spiro atoms. The predicted molar refractivity (Wildman–Crippen MR) is 108 cm³/mol. The zero-order chi connectivity index (χ0) is 18.3. The maximum atomic E-state index is 13.4. The topological polar surface area (TPSA) is 32.3 Å². The molecule has 3 heteroatoms. The van der Waals surface area contributed by atoms with Crippen LogP contribution < -0.4 is 5.32 Å². The Morgan fingerprint density at radius 2 is 1.56 bits per heavy atom. The summed E-state index contributed by atoms with van der Waals surface area (Å²) in [6.45, 7) is 3.09. The third kappa shape index (κ3) is 3.44. The van der Waals surface area contributed by atoms with Gasteiger partial charge in [0.25, 0.3) is 0 Å². The van der Waals surface area contributed by atoms with Crippen LogP contribution >= 0.6 is 0 Å². The van der Waals surface area contributed by atoms with Gasteiger partial charge in [0, 0.05) is 12.0 Å². The molecule has 4 aliphatic carbocycles. The minimum absolute atomic E-state index is 0.0299. The minimum Gasteiger partial charge on any atom is -0.354 e. The Labute approximate surface area is 163 Å². The Bertz CT molecular complexity index is 629. The number of carbonyl (C=O) groups is 1. The molecule has 1 N–H and O–H groups in total. The van der Waals surface area contributed by atoms with Gasteiger partial charge in [0.1, 0.15) is 0 Å². The van der Waals surface area contributed by atoms with Gasteiger partial charge in [-0.2, -0.15) is 0 Å². The fourth-order valence-electron chi connectivity index (χ4n) is 7.13. The van der Waals surface area contributed by atoms with Crippen molar-refractivity contribution in [1.29, 1.82) is 0 Å². The van der Waals surface area contributed by atoms with E-state index in [1.807, 2.05) is 0 Å². The second kappa shape index (κ2) is 7.24. The number of rotatable bonds is 5. The van der Waals surface area contributed by atoms with Gasteiger partial charge in [-0.3, -0.25) is 9.69 Å². The van der Waals surface area contributed by atoms with Crippen LogP contribution in [0.25, 0.3) is 0 Å². The van der Waals surface area contributed by atoms with Gasteiger partial charge >= 0.3 is 0 Å². The van der Waals surface area contributed by atoms with E-state index in [9.17, 15) is 4.79 Å². The lowest BCUT2D eigenvalue weighted by Crippen LogP contribution is -2.54. The first kappa shape index (κ1) is 17.7. The Kier molecular flexibility index (Phi) is 4.75. The van der Waals surface area contributed by atoms with Gasteiger partial charge in [0.15, 0.2) is 0 Å². The first-order chi connectivity index (χ1) is 13.2. The van der Waals surface area contributed by atoms with Gasteiger partial charge in [0.05, 0.1) is 6.04 Å². The highest BCUT2D eigenvalue weighted by Crippen LogP contribution is 2.60. The lowest BCUT2D eigenvalue weighted by atomic mass is 9.49. The lowest BCUT2D eigenvalue weighted by Gasteiger charge is -2.55. The zero-order valence-corrected chi connectivity index (χ0v) is 16.5. The number of likely N-dealkylation sites (tertiary alicyclic amines) is 1. The van der Waals surface area contributed by atoms with Crippen LogP contribution in [-0.4, -0.2) is 30.4 Å². The van der Waals surface area contributed by atoms with Crippen molar-refractivity contribution in [3.63, 3.8) is 0 Å². The van der Waals surface area contributed by atoms with Gasteiger partial charge in [-0.15, -0.1) is 0 Å². The SMILES string of the molecule is O=C(NC[C@@H](c1ccccc1)N1CCCCC1)C12CC3CC(CC(C3)C1)C2. The Hall–Kier alpha value is -1.35. The molecule has 0 aromatic heterocycles. The Morgan fingerprint density at radius 1 is 0.963 bits per heavy atom. The molecule has 1 amide bonds. The molecule has 1 saturated heterocycles. The van der Waals surface area contributed by atoms with E-state index in [2.05, 4.69) is 40.5 Å². The monoisotopic (exact) mass is 366 g/mol. The molecule has 0 unspecified atom stereocenters. The largest absolute Gasteiger partial charge is 0.354 e. The van der Waals surface area contributed by atoms with Crippen molar-refractivity contribution in [2.75, 3.05) is 19.6 Å². The molecule has 1 atom stereocenters. The lowest BCUT2D eigenvalue weighted by molar-refractivity contribution is -0.146. The second-order valence-electron chi connectivity index (χ2n) is 9.93. The number of hydrogen-bond donors (Lipinski definition) is 1. The van der Waals surface area contributed by atoms with E-state index in [1.54, 1.807) is 0 Å². The van der Waals surface area contributed by atoms with E-state index in [1.165, 1.54) is 44.1 Å². The van der Waals surface area contributed by atoms with Crippen LogP contribution in [0.15, 0.2) is 30.3 Å². The molecule has 27 heavy (non-hydrogen) atoms. The number of carbonyl (C=O) groups excluding carboxylic acids is 1. The normalized spacial score (nSPS) is 36.5. The summed E-state index contributed by atoms with van der Waals surface area (Å²) in [6.07, 6.45) is 11.6. The van der Waals surface area contributed by atoms with Gasteiger partial charge in [0.2, 0.25) is 5.91 Å². The van der Waals surface area contributed by atoms with Gasteiger partial charge in [-0.25, -0.2) is 0 Å².